The molecule has 1 aromatic rings. The van der Waals surface area contributed by atoms with Gasteiger partial charge in [0.05, 0.1) is 9.21 Å². The maximum atomic E-state index is 12.0. The molecule has 0 bridgehead atoms. The third-order valence-corrected chi connectivity index (χ3v) is 3.62. The van der Waals surface area contributed by atoms with Crippen LogP contribution in [0.4, 0.5) is 0 Å². The monoisotopic (exact) mass is 275 g/mol. The third kappa shape index (κ3) is 3.61. The quantitative estimate of drug-likeness (QED) is 0.382. The van der Waals surface area contributed by atoms with E-state index in [0.717, 1.165) is 0 Å². The minimum absolute atomic E-state index is 0.0985. The molecule has 1 aromatic heterocycles. The lowest BCUT2D eigenvalue weighted by molar-refractivity contribution is 0.0752. The fourth-order valence-corrected chi connectivity index (χ4v) is 2.31. The van der Waals surface area contributed by atoms with E-state index in [1.165, 1.54) is 11.3 Å². The Hall–Kier alpha value is -1.27. The normalized spacial score (nSPS) is 13.5. The van der Waals surface area contributed by atoms with Crippen LogP contribution in [-0.2, 0) is 0 Å². The fraction of sp³-hybridized carbons (Fsp3) is 0.400. The Morgan fingerprint density at radius 1 is 1.71 bits per heavy atom. The van der Waals surface area contributed by atoms with Crippen molar-refractivity contribution in [3.63, 3.8) is 0 Å². The van der Waals surface area contributed by atoms with Crippen molar-refractivity contribution >= 4 is 34.7 Å². The number of thiophene rings is 1. The molecule has 5 nitrogen and oxygen atoms in total. The molecule has 0 aliphatic heterocycles. The molecule has 0 radical (unpaired) electrons. The zero-order valence-corrected chi connectivity index (χ0v) is 11.1. The van der Waals surface area contributed by atoms with Crippen molar-refractivity contribution < 1.29 is 10.0 Å². The first-order valence-corrected chi connectivity index (χ1v) is 6.14. The first-order chi connectivity index (χ1) is 7.95. The third-order valence-electron chi connectivity index (χ3n) is 2.40. The molecule has 1 amide bonds. The molecule has 0 fully saturated rings. The van der Waals surface area contributed by atoms with Gasteiger partial charge in [-0.15, -0.1) is 11.3 Å². The summed E-state index contributed by atoms with van der Waals surface area (Å²) in [5.74, 6) is -0.0264. The van der Waals surface area contributed by atoms with E-state index in [4.69, 9.17) is 22.5 Å². The number of nitrogens with zero attached hydrogens (tertiary/aromatic N) is 2. The van der Waals surface area contributed by atoms with Gasteiger partial charge in [0.15, 0.2) is 0 Å². The second-order valence-corrected chi connectivity index (χ2v) is 5.38. The van der Waals surface area contributed by atoms with Crippen LogP contribution < -0.4 is 5.73 Å². The van der Waals surface area contributed by atoms with Gasteiger partial charge in [-0.3, -0.25) is 4.79 Å². The van der Waals surface area contributed by atoms with Crippen molar-refractivity contribution in [1.29, 1.82) is 0 Å². The van der Waals surface area contributed by atoms with Crippen molar-refractivity contribution in [3.8, 4) is 0 Å². The van der Waals surface area contributed by atoms with Gasteiger partial charge in [-0.05, 0) is 19.1 Å². The summed E-state index contributed by atoms with van der Waals surface area (Å²) in [5, 5.41) is 11.4. The summed E-state index contributed by atoms with van der Waals surface area (Å²) in [4.78, 5) is 14.1. The van der Waals surface area contributed by atoms with E-state index < -0.39 is 0 Å². The van der Waals surface area contributed by atoms with Crippen LogP contribution in [0, 0.1) is 0 Å². The van der Waals surface area contributed by atoms with Crippen molar-refractivity contribution in [3.05, 3.63) is 21.3 Å². The standard InChI is InChI=1S/C10H14ClN3O2S/c1-6(5-9(12)13-16)14(2)10(15)7-3-4-8(11)17-7/h3-4,6,16H,5H2,1-2H3,(H2,12,13). The van der Waals surface area contributed by atoms with Gasteiger partial charge in [-0.1, -0.05) is 16.8 Å². The number of oxime groups is 1. The number of amidine groups is 1. The fourth-order valence-electron chi connectivity index (χ4n) is 1.28. The largest absolute Gasteiger partial charge is 0.409 e. The van der Waals surface area contributed by atoms with E-state index >= 15 is 0 Å². The van der Waals surface area contributed by atoms with Gasteiger partial charge in [-0.2, -0.15) is 0 Å². The highest BCUT2D eigenvalue weighted by atomic mass is 35.5. The minimum Gasteiger partial charge on any atom is -0.409 e. The lowest BCUT2D eigenvalue weighted by atomic mass is 10.2. The molecule has 1 rings (SSSR count). The first-order valence-electron chi connectivity index (χ1n) is 4.94. The topological polar surface area (TPSA) is 78.9 Å². The molecule has 1 atom stereocenters. The van der Waals surface area contributed by atoms with E-state index in [1.54, 1.807) is 24.1 Å². The Balaban J connectivity index is 2.69. The molecule has 0 aliphatic carbocycles. The van der Waals surface area contributed by atoms with Crippen molar-refractivity contribution in [2.75, 3.05) is 7.05 Å². The second kappa shape index (κ2) is 5.88. The highest BCUT2D eigenvalue weighted by Crippen LogP contribution is 2.23. The van der Waals surface area contributed by atoms with Crippen LogP contribution >= 0.6 is 22.9 Å². The van der Waals surface area contributed by atoms with Crippen LogP contribution in [0.5, 0.6) is 0 Å². The van der Waals surface area contributed by atoms with Crippen molar-refractivity contribution in [2.24, 2.45) is 10.9 Å². The molecular weight excluding hydrogens is 262 g/mol. The molecule has 17 heavy (non-hydrogen) atoms. The number of hydrogen-bond donors (Lipinski definition) is 2. The molecule has 0 saturated carbocycles. The minimum atomic E-state index is -0.153. The number of hydrogen-bond acceptors (Lipinski definition) is 4. The van der Waals surface area contributed by atoms with Crippen LogP contribution in [0.25, 0.3) is 0 Å². The molecule has 0 spiro atoms. The van der Waals surface area contributed by atoms with Gasteiger partial charge in [0.2, 0.25) is 0 Å². The van der Waals surface area contributed by atoms with E-state index in [9.17, 15) is 4.79 Å². The molecule has 1 unspecified atom stereocenters. The number of nitrogens with two attached hydrogens (primary N) is 1. The summed E-state index contributed by atoms with van der Waals surface area (Å²) in [6.07, 6.45) is 0.317. The second-order valence-electron chi connectivity index (χ2n) is 3.66. The number of carbonyl (C=O) groups excluding carboxylic acids is 1. The van der Waals surface area contributed by atoms with Gasteiger partial charge >= 0.3 is 0 Å². The molecule has 7 heteroatoms. The molecule has 0 aromatic carbocycles. The van der Waals surface area contributed by atoms with Crippen LogP contribution in [0.2, 0.25) is 4.34 Å². The molecule has 0 aliphatic rings. The molecular formula is C10H14ClN3O2S. The van der Waals surface area contributed by atoms with Crippen molar-refractivity contribution in [2.45, 2.75) is 19.4 Å². The van der Waals surface area contributed by atoms with E-state index in [1.807, 2.05) is 6.92 Å². The van der Waals surface area contributed by atoms with E-state index in [-0.39, 0.29) is 17.8 Å². The average Bonchev–Trinajstić information content (AvgIpc) is 2.73. The number of amides is 1. The summed E-state index contributed by atoms with van der Waals surface area (Å²) in [6.45, 7) is 1.82. The Kier molecular flexibility index (Phi) is 4.77. The lowest BCUT2D eigenvalue weighted by Crippen LogP contribution is -2.37. The van der Waals surface area contributed by atoms with E-state index in [2.05, 4.69) is 5.16 Å². The van der Waals surface area contributed by atoms with Crippen LogP contribution in [0.15, 0.2) is 17.3 Å². The summed E-state index contributed by atoms with van der Waals surface area (Å²) in [5.41, 5.74) is 5.40. The van der Waals surface area contributed by atoms with Gasteiger partial charge in [-0.25, -0.2) is 0 Å². The van der Waals surface area contributed by atoms with Crippen LogP contribution in [0.1, 0.15) is 23.0 Å². The maximum absolute atomic E-state index is 12.0. The first kappa shape index (κ1) is 13.8. The number of halogens is 1. The molecule has 3 N–H and O–H groups in total. The highest BCUT2D eigenvalue weighted by molar-refractivity contribution is 7.17. The Morgan fingerprint density at radius 2 is 2.35 bits per heavy atom. The maximum Gasteiger partial charge on any atom is 0.263 e. The van der Waals surface area contributed by atoms with Crippen LogP contribution in [0.3, 0.4) is 0 Å². The van der Waals surface area contributed by atoms with Gasteiger partial charge in [0.25, 0.3) is 5.91 Å². The van der Waals surface area contributed by atoms with E-state index in [0.29, 0.717) is 15.6 Å². The Bertz CT molecular complexity index is 433. The zero-order valence-electron chi connectivity index (χ0n) is 9.55. The molecule has 1 heterocycles. The van der Waals surface area contributed by atoms with Crippen molar-refractivity contribution in [1.82, 2.24) is 4.90 Å². The lowest BCUT2D eigenvalue weighted by Gasteiger charge is -2.23. The average molecular weight is 276 g/mol. The Labute approximate surface area is 108 Å². The summed E-state index contributed by atoms with van der Waals surface area (Å²) in [7, 11) is 1.67. The predicted molar refractivity (Wildman–Crippen MR) is 68.9 cm³/mol. The number of rotatable bonds is 4. The number of carbonyl (C=O) groups is 1. The SMILES string of the molecule is CC(CC(N)=NO)N(C)C(=O)c1ccc(Cl)s1. The van der Waals surface area contributed by atoms with Gasteiger partial charge in [0, 0.05) is 19.5 Å². The van der Waals surface area contributed by atoms with Gasteiger partial charge < -0.3 is 15.8 Å². The summed E-state index contributed by atoms with van der Waals surface area (Å²) in [6, 6.07) is 3.21. The highest BCUT2D eigenvalue weighted by Gasteiger charge is 2.19. The summed E-state index contributed by atoms with van der Waals surface area (Å²) < 4.78 is 0.575. The van der Waals surface area contributed by atoms with Gasteiger partial charge in [0.1, 0.15) is 5.84 Å². The zero-order chi connectivity index (χ0) is 13.0. The smallest absolute Gasteiger partial charge is 0.263 e. The summed E-state index contributed by atoms with van der Waals surface area (Å²) >= 11 is 7.00. The molecule has 0 saturated heterocycles. The predicted octanol–water partition coefficient (Wildman–Crippen LogP) is 2.00. The van der Waals surface area contributed by atoms with Crippen LogP contribution in [-0.4, -0.2) is 34.9 Å². The molecule has 94 valence electrons. The Morgan fingerprint density at radius 3 is 2.82 bits per heavy atom.